The molecule has 0 radical (unpaired) electrons. The number of hydrogen-bond donors (Lipinski definition) is 0. The van der Waals surface area contributed by atoms with Gasteiger partial charge in [0.05, 0.1) is 32.5 Å². The molecule has 0 atom stereocenters. The van der Waals surface area contributed by atoms with Crippen molar-refractivity contribution < 1.29 is 23.7 Å². The molecule has 0 N–H and O–H groups in total. The molecule has 0 saturated heterocycles. The topological polar surface area (TPSA) is 70.1 Å². The zero-order valence-corrected chi connectivity index (χ0v) is 16.9. The molecular weight excluding hydrogens is 360 g/mol. The average molecular weight is 384 g/mol. The number of anilines is 1. The highest BCUT2D eigenvalue weighted by Gasteiger charge is 2.28. The Morgan fingerprint density at radius 2 is 1.82 bits per heavy atom. The molecule has 0 saturated carbocycles. The van der Waals surface area contributed by atoms with Crippen molar-refractivity contribution in [3.63, 3.8) is 0 Å². The van der Waals surface area contributed by atoms with Crippen molar-refractivity contribution in [1.29, 1.82) is 0 Å². The summed E-state index contributed by atoms with van der Waals surface area (Å²) >= 11 is 0. The molecule has 0 spiro atoms. The van der Waals surface area contributed by atoms with E-state index in [4.69, 9.17) is 18.9 Å². The number of carbonyl (C=O) groups is 1. The minimum absolute atomic E-state index is 0.266. The lowest BCUT2D eigenvalue weighted by Gasteiger charge is -2.29. The quantitative estimate of drug-likeness (QED) is 0.785. The van der Waals surface area contributed by atoms with Crippen molar-refractivity contribution in [1.82, 2.24) is 4.98 Å². The molecule has 148 valence electrons. The molecule has 1 aromatic heterocycles. The van der Waals surface area contributed by atoms with Crippen LogP contribution in [0.3, 0.4) is 0 Å². The predicted octanol–water partition coefficient (Wildman–Crippen LogP) is 3.57. The normalized spacial score (nSPS) is 13.9. The number of ether oxygens (including phenoxy) is 4. The molecule has 2 heterocycles. The Bertz CT molecular complexity index is 937. The highest BCUT2D eigenvalue weighted by atomic mass is 16.5. The summed E-state index contributed by atoms with van der Waals surface area (Å²) in [5, 5.41) is 0. The van der Waals surface area contributed by atoms with Crippen molar-refractivity contribution in [2.45, 2.75) is 19.4 Å². The van der Waals surface area contributed by atoms with E-state index in [1.54, 1.807) is 31.3 Å². The van der Waals surface area contributed by atoms with Crippen LogP contribution in [0.4, 0.5) is 5.82 Å². The maximum Gasteiger partial charge on any atom is 0.262 e. The SMILES string of the molecule is COc1ccc(N(C)C(=O)c2ccc3c(c2OC)C=CC(C)(C)O3)nc1OC. The van der Waals surface area contributed by atoms with Gasteiger partial charge in [0, 0.05) is 7.05 Å². The first-order chi connectivity index (χ1) is 13.3. The number of hydrogen-bond acceptors (Lipinski definition) is 6. The van der Waals surface area contributed by atoms with Gasteiger partial charge in [0.1, 0.15) is 22.9 Å². The Morgan fingerprint density at radius 1 is 1.07 bits per heavy atom. The molecule has 28 heavy (non-hydrogen) atoms. The second-order valence-electron chi connectivity index (χ2n) is 6.84. The third kappa shape index (κ3) is 3.47. The number of rotatable bonds is 5. The summed E-state index contributed by atoms with van der Waals surface area (Å²) in [5.41, 5.74) is 0.735. The fourth-order valence-corrected chi connectivity index (χ4v) is 3.01. The minimum Gasteiger partial charge on any atom is -0.495 e. The minimum atomic E-state index is -0.413. The summed E-state index contributed by atoms with van der Waals surface area (Å²) in [6, 6.07) is 6.88. The van der Waals surface area contributed by atoms with E-state index in [9.17, 15) is 4.79 Å². The van der Waals surface area contributed by atoms with E-state index in [0.29, 0.717) is 34.5 Å². The van der Waals surface area contributed by atoms with Gasteiger partial charge in [-0.2, -0.15) is 4.98 Å². The zero-order chi connectivity index (χ0) is 20.5. The molecule has 0 bridgehead atoms. The number of methoxy groups -OCH3 is 3. The van der Waals surface area contributed by atoms with Crippen molar-refractivity contribution in [3.8, 4) is 23.1 Å². The molecule has 0 unspecified atom stereocenters. The van der Waals surface area contributed by atoms with E-state index in [1.807, 2.05) is 26.0 Å². The van der Waals surface area contributed by atoms with Gasteiger partial charge in [0.25, 0.3) is 11.8 Å². The fourth-order valence-electron chi connectivity index (χ4n) is 3.01. The second-order valence-corrected chi connectivity index (χ2v) is 6.84. The highest BCUT2D eigenvalue weighted by Crippen LogP contribution is 2.39. The van der Waals surface area contributed by atoms with Gasteiger partial charge in [0.15, 0.2) is 5.75 Å². The number of aromatic nitrogens is 1. The lowest BCUT2D eigenvalue weighted by Crippen LogP contribution is -2.29. The van der Waals surface area contributed by atoms with Crippen LogP contribution >= 0.6 is 0 Å². The molecule has 1 aliphatic heterocycles. The smallest absolute Gasteiger partial charge is 0.262 e. The predicted molar refractivity (Wildman–Crippen MR) is 107 cm³/mol. The number of nitrogens with zero attached hydrogens (tertiary/aromatic N) is 2. The van der Waals surface area contributed by atoms with E-state index in [2.05, 4.69) is 4.98 Å². The number of pyridine rings is 1. The third-order valence-corrected chi connectivity index (χ3v) is 4.49. The highest BCUT2D eigenvalue weighted by molar-refractivity contribution is 6.08. The Balaban J connectivity index is 1.99. The Morgan fingerprint density at radius 3 is 2.46 bits per heavy atom. The van der Waals surface area contributed by atoms with Crippen LogP contribution in [0.5, 0.6) is 23.1 Å². The summed E-state index contributed by atoms with van der Waals surface area (Å²) in [6.07, 6.45) is 3.86. The molecule has 7 nitrogen and oxygen atoms in total. The van der Waals surface area contributed by atoms with Crippen molar-refractivity contribution in [2.24, 2.45) is 0 Å². The van der Waals surface area contributed by atoms with Crippen LogP contribution < -0.4 is 23.8 Å². The van der Waals surface area contributed by atoms with Gasteiger partial charge >= 0.3 is 0 Å². The Hall–Kier alpha value is -3.22. The van der Waals surface area contributed by atoms with Gasteiger partial charge in [-0.25, -0.2) is 0 Å². The van der Waals surface area contributed by atoms with Crippen LogP contribution in [0, 0.1) is 0 Å². The first kappa shape index (κ1) is 19.5. The van der Waals surface area contributed by atoms with E-state index in [-0.39, 0.29) is 5.91 Å². The third-order valence-electron chi connectivity index (χ3n) is 4.49. The van der Waals surface area contributed by atoms with Crippen LogP contribution in [0.1, 0.15) is 29.8 Å². The Kier molecular flexibility index (Phi) is 5.18. The number of amides is 1. The lowest BCUT2D eigenvalue weighted by molar-refractivity contribution is 0.0989. The molecule has 1 amide bonds. The maximum atomic E-state index is 13.2. The standard InChI is InChI=1S/C21H24N2O5/c1-21(2)12-11-13-15(28-21)8-7-14(18(13)26-5)20(24)23(3)17-10-9-16(25-4)19(22-17)27-6/h7-12H,1-6H3. The van der Waals surface area contributed by atoms with Crippen LogP contribution in [-0.2, 0) is 0 Å². The zero-order valence-electron chi connectivity index (χ0n) is 16.9. The summed E-state index contributed by atoms with van der Waals surface area (Å²) in [7, 11) is 6.21. The van der Waals surface area contributed by atoms with Gasteiger partial charge in [-0.05, 0) is 50.3 Å². The van der Waals surface area contributed by atoms with Crippen LogP contribution in [0.15, 0.2) is 30.3 Å². The summed E-state index contributed by atoms with van der Waals surface area (Å²) in [5.74, 6) is 2.08. The summed E-state index contributed by atoms with van der Waals surface area (Å²) < 4.78 is 21.9. The van der Waals surface area contributed by atoms with E-state index < -0.39 is 5.60 Å². The van der Waals surface area contributed by atoms with Crippen LogP contribution in [0.25, 0.3) is 6.08 Å². The van der Waals surface area contributed by atoms with Crippen LogP contribution in [0.2, 0.25) is 0 Å². The first-order valence-electron chi connectivity index (χ1n) is 8.77. The van der Waals surface area contributed by atoms with Gasteiger partial charge in [0.2, 0.25) is 0 Å². The Labute approximate surface area is 164 Å². The summed E-state index contributed by atoms with van der Waals surface area (Å²) in [4.78, 5) is 18.9. The van der Waals surface area contributed by atoms with Crippen molar-refractivity contribution in [3.05, 3.63) is 41.5 Å². The largest absolute Gasteiger partial charge is 0.495 e. The van der Waals surface area contributed by atoms with Gasteiger partial charge in [-0.3, -0.25) is 9.69 Å². The van der Waals surface area contributed by atoms with Crippen molar-refractivity contribution >= 4 is 17.8 Å². The second kappa shape index (κ2) is 7.42. The van der Waals surface area contributed by atoms with Gasteiger partial charge in [-0.15, -0.1) is 0 Å². The van der Waals surface area contributed by atoms with Crippen LogP contribution in [-0.4, -0.2) is 44.9 Å². The van der Waals surface area contributed by atoms with Crippen molar-refractivity contribution in [2.75, 3.05) is 33.3 Å². The van der Waals surface area contributed by atoms with E-state index >= 15 is 0 Å². The molecular formula is C21H24N2O5. The molecule has 1 aliphatic rings. The van der Waals surface area contributed by atoms with E-state index in [1.165, 1.54) is 26.2 Å². The molecule has 7 heteroatoms. The number of carbonyl (C=O) groups excluding carboxylic acids is 1. The molecule has 2 aromatic rings. The lowest BCUT2D eigenvalue weighted by atomic mass is 9.99. The molecule has 3 rings (SSSR count). The molecule has 0 aliphatic carbocycles. The first-order valence-corrected chi connectivity index (χ1v) is 8.77. The molecule has 0 fully saturated rings. The fraction of sp³-hybridized carbons (Fsp3) is 0.333. The van der Waals surface area contributed by atoms with Gasteiger partial charge in [-0.1, -0.05) is 0 Å². The monoisotopic (exact) mass is 384 g/mol. The van der Waals surface area contributed by atoms with E-state index in [0.717, 1.165) is 5.56 Å². The van der Waals surface area contributed by atoms with Gasteiger partial charge < -0.3 is 18.9 Å². The molecule has 1 aromatic carbocycles. The average Bonchev–Trinajstić information content (AvgIpc) is 2.70. The number of benzene rings is 1. The summed E-state index contributed by atoms with van der Waals surface area (Å²) in [6.45, 7) is 3.93. The maximum absolute atomic E-state index is 13.2. The number of fused-ring (bicyclic) bond motifs is 1.